The standard InChI is InChI=1S/C13H10F3NO2S/c14-9-1-3-12(17)8(5-9)7-20(18,19)13-4-2-10(15)6-11(13)16/h1-6H,7,17H2. The zero-order valence-electron chi connectivity index (χ0n) is 10.1. The number of halogens is 3. The highest BCUT2D eigenvalue weighted by Crippen LogP contribution is 2.23. The van der Waals surface area contributed by atoms with Gasteiger partial charge < -0.3 is 5.73 Å². The van der Waals surface area contributed by atoms with Gasteiger partial charge in [0.2, 0.25) is 0 Å². The summed E-state index contributed by atoms with van der Waals surface area (Å²) in [7, 11) is -4.09. The summed E-state index contributed by atoms with van der Waals surface area (Å²) in [4.78, 5) is -0.650. The van der Waals surface area contributed by atoms with E-state index in [2.05, 4.69) is 0 Å². The summed E-state index contributed by atoms with van der Waals surface area (Å²) in [5, 5.41) is 0. The molecular weight excluding hydrogens is 291 g/mol. The van der Waals surface area contributed by atoms with Crippen molar-refractivity contribution in [3.8, 4) is 0 Å². The number of nitrogen functional groups attached to an aromatic ring is 1. The first-order chi connectivity index (χ1) is 9.29. The third-order valence-corrected chi connectivity index (χ3v) is 4.37. The van der Waals surface area contributed by atoms with Gasteiger partial charge >= 0.3 is 0 Å². The van der Waals surface area contributed by atoms with E-state index < -0.39 is 37.9 Å². The molecule has 2 aromatic carbocycles. The summed E-state index contributed by atoms with van der Waals surface area (Å²) in [5.41, 5.74) is 5.65. The fraction of sp³-hybridized carbons (Fsp3) is 0.0769. The van der Waals surface area contributed by atoms with Crippen molar-refractivity contribution in [2.75, 3.05) is 5.73 Å². The van der Waals surface area contributed by atoms with Crippen LogP contribution in [0.1, 0.15) is 5.56 Å². The lowest BCUT2D eigenvalue weighted by Gasteiger charge is -2.08. The van der Waals surface area contributed by atoms with E-state index in [0.29, 0.717) is 6.07 Å². The van der Waals surface area contributed by atoms with Gasteiger partial charge in [-0.25, -0.2) is 21.6 Å². The van der Waals surface area contributed by atoms with Gasteiger partial charge in [-0.1, -0.05) is 0 Å². The van der Waals surface area contributed by atoms with Gasteiger partial charge in [0.05, 0.1) is 5.75 Å². The predicted molar refractivity (Wildman–Crippen MR) is 68.1 cm³/mol. The molecular formula is C13H10F3NO2S. The number of nitrogens with two attached hydrogens (primary N) is 1. The fourth-order valence-electron chi connectivity index (χ4n) is 1.71. The lowest BCUT2D eigenvalue weighted by molar-refractivity contribution is 0.549. The van der Waals surface area contributed by atoms with Gasteiger partial charge in [0.25, 0.3) is 0 Å². The van der Waals surface area contributed by atoms with Crippen LogP contribution in [0.25, 0.3) is 0 Å². The Labute approximate surface area is 113 Å². The minimum atomic E-state index is -4.09. The molecule has 0 radical (unpaired) electrons. The van der Waals surface area contributed by atoms with Gasteiger partial charge in [0, 0.05) is 11.8 Å². The molecule has 0 saturated carbocycles. The highest BCUT2D eigenvalue weighted by atomic mass is 32.2. The van der Waals surface area contributed by atoms with Gasteiger partial charge in [-0.3, -0.25) is 0 Å². The molecule has 0 spiro atoms. The lowest BCUT2D eigenvalue weighted by atomic mass is 10.2. The minimum Gasteiger partial charge on any atom is -0.398 e. The van der Waals surface area contributed by atoms with Gasteiger partial charge in [-0.05, 0) is 35.9 Å². The van der Waals surface area contributed by atoms with E-state index in [1.807, 2.05) is 0 Å². The van der Waals surface area contributed by atoms with Gasteiger partial charge in [-0.15, -0.1) is 0 Å². The maximum Gasteiger partial charge on any atom is 0.185 e. The van der Waals surface area contributed by atoms with Crippen LogP contribution in [0.3, 0.4) is 0 Å². The van der Waals surface area contributed by atoms with Crippen molar-refractivity contribution in [1.82, 2.24) is 0 Å². The monoisotopic (exact) mass is 301 g/mol. The first-order valence-electron chi connectivity index (χ1n) is 5.51. The Kier molecular flexibility index (Phi) is 3.71. The number of hydrogen-bond acceptors (Lipinski definition) is 3. The number of sulfone groups is 1. The smallest absolute Gasteiger partial charge is 0.185 e. The molecule has 2 aromatic rings. The van der Waals surface area contributed by atoms with E-state index in [9.17, 15) is 21.6 Å². The average Bonchev–Trinajstić information content (AvgIpc) is 2.33. The molecule has 0 aliphatic heterocycles. The maximum absolute atomic E-state index is 13.5. The van der Waals surface area contributed by atoms with Crippen LogP contribution < -0.4 is 5.73 Å². The molecule has 0 saturated heterocycles. The molecule has 20 heavy (non-hydrogen) atoms. The van der Waals surface area contributed by atoms with E-state index in [1.165, 1.54) is 6.07 Å². The predicted octanol–water partition coefficient (Wildman–Crippen LogP) is 2.66. The molecule has 0 amide bonds. The Bertz CT molecular complexity index is 760. The molecule has 0 unspecified atom stereocenters. The molecule has 3 nitrogen and oxygen atoms in total. The van der Waals surface area contributed by atoms with Gasteiger partial charge in [0.1, 0.15) is 22.3 Å². The highest BCUT2D eigenvalue weighted by Gasteiger charge is 2.21. The molecule has 0 bridgehead atoms. The number of anilines is 1. The summed E-state index contributed by atoms with van der Waals surface area (Å²) < 4.78 is 63.5. The summed E-state index contributed by atoms with van der Waals surface area (Å²) in [6.07, 6.45) is 0. The van der Waals surface area contributed by atoms with Crippen LogP contribution in [0.4, 0.5) is 18.9 Å². The normalized spacial score (nSPS) is 11.6. The van der Waals surface area contributed by atoms with Crippen LogP contribution in [0.5, 0.6) is 0 Å². The van der Waals surface area contributed by atoms with Crippen LogP contribution in [0.2, 0.25) is 0 Å². The van der Waals surface area contributed by atoms with Crippen LogP contribution in [-0.4, -0.2) is 8.42 Å². The van der Waals surface area contributed by atoms with Crippen molar-refractivity contribution in [2.45, 2.75) is 10.6 Å². The van der Waals surface area contributed by atoms with Crippen LogP contribution >= 0.6 is 0 Å². The van der Waals surface area contributed by atoms with Crippen molar-refractivity contribution in [2.24, 2.45) is 0 Å². The number of rotatable bonds is 3. The van der Waals surface area contributed by atoms with Gasteiger partial charge in [-0.2, -0.15) is 0 Å². The highest BCUT2D eigenvalue weighted by molar-refractivity contribution is 7.90. The quantitative estimate of drug-likeness (QED) is 0.700. The molecule has 0 fully saturated rings. The SMILES string of the molecule is Nc1ccc(F)cc1CS(=O)(=O)c1ccc(F)cc1F. The Morgan fingerprint density at radius 2 is 1.55 bits per heavy atom. The first-order valence-corrected chi connectivity index (χ1v) is 7.16. The van der Waals surface area contributed by atoms with E-state index in [0.717, 1.165) is 24.3 Å². The van der Waals surface area contributed by atoms with Crippen molar-refractivity contribution in [3.05, 3.63) is 59.4 Å². The zero-order valence-corrected chi connectivity index (χ0v) is 10.9. The van der Waals surface area contributed by atoms with Crippen molar-refractivity contribution in [3.63, 3.8) is 0 Å². The molecule has 0 heterocycles. The van der Waals surface area contributed by atoms with Crippen molar-refractivity contribution >= 4 is 15.5 Å². The average molecular weight is 301 g/mol. The second kappa shape index (κ2) is 5.16. The summed E-state index contributed by atoms with van der Waals surface area (Å²) >= 11 is 0. The molecule has 106 valence electrons. The van der Waals surface area contributed by atoms with E-state index in [-0.39, 0.29) is 11.3 Å². The summed E-state index contributed by atoms with van der Waals surface area (Å²) in [6, 6.07) is 5.42. The zero-order chi connectivity index (χ0) is 14.9. The molecule has 7 heteroatoms. The third kappa shape index (κ3) is 2.93. The van der Waals surface area contributed by atoms with Gasteiger partial charge in [0.15, 0.2) is 9.84 Å². The lowest BCUT2D eigenvalue weighted by Crippen LogP contribution is -2.09. The molecule has 0 aliphatic rings. The second-order valence-corrected chi connectivity index (χ2v) is 6.13. The van der Waals surface area contributed by atoms with E-state index in [1.54, 1.807) is 0 Å². The molecule has 2 rings (SSSR count). The Morgan fingerprint density at radius 3 is 2.20 bits per heavy atom. The number of benzene rings is 2. The summed E-state index contributed by atoms with van der Waals surface area (Å²) in [5.74, 6) is -3.39. The van der Waals surface area contributed by atoms with Crippen LogP contribution in [0, 0.1) is 17.5 Å². The number of hydrogen-bond donors (Lipinski definition) is 1. The molecule has 0 aliphatic carbocycles. The molecule has 0 aromatic heterocycles. The Hall–Kier alpha value is -2.02. The van der Waals surface area contributed by atoms with Crippen molar-refractivity contribution < 1.29 is 21.6 Å². The molecule has 0 atom stereocenters. The maximum atomic E-state index is 13.5. The first kappa shape index (κ1) is 14.4. The van der Waals surface area contributed by atoms with E-state index >= 15 is 0 Å². The largest absolute Gasteiger partial charge is 0.398 e. The molecule has 2 N–H and O–H groups in total. The fourth-order valence-corrected chi connectivity index (χ4v) is 3.16. The van der Waals surface area contributed by atoms with E-state index in [4.69, 9.17) is 5.73 Å². The topological polar surface area (TPSA) is 60.2 Å². The summed E-state index contributed by atoms with van der Waals surface area (Å²) in [6.45, 7) is 0. The Balaban J connectivity index is 2.43. The third-order valence-electron chi connectivity index (χ3n) is 2.68. The van der Waals surface area contributed by atoms with Crippen LogP contribution in [0.15, 0.2) is 41.3 Å². The van der Waals surface area contributed by atoms with Crippen molar-refractivity contribution in [1.29, 1.82) is 0 Å². The van der Waals surface area contributed by atoms with Crippen LogP contribution in [-0.2, 0) is 15.6 Å². The minimum absolute atomic E-state index is 0.0220. The second-order valence-electron chi connectivity index (χ2n) is 4.18. The Morgan fingerprint density at radius 1 is 0.950 bits per heavy atom.